The molecular weight excluding hydrogens is 338 g/mol. The fourth-order valence-corrected chi connectivity index (χ4v) is 2.90. The van der Waals surface area contributed by atoms with Crippen LogP contribution in [0.1, 0.15) is 26.5 Å². The topological polar surface area (TPSA) is 90.7 Å². The summed E-state index contributed by atoms with van der Waals surface area (Å²) in [6.45, 7) is 5.87. The molecule has 25 heavy (non-hydrogen) atoms. The van der Waals surface area contributed by atoms with E-state index >= 15 is 0 Å². The van der Waals surface area contributed by atoms with Crippen LogP contribution in [0.15, 0.2) is 39.8 Å². The van der Waals surface area contributed by atoms with E-state index in [1.807, 2.05) is 51.1 Å². The number of nitrogens with zero attached hydrogens (tertiary/aromatic N) is 2. The minimum absolute atomic E-state index is 0.0133. The number of nitrogens with two attached hydrogens (primary N) is 1. The van der Waals surface area contributed by atoms with Crippen LogP contribution >= 0.6 is 11.8 Å². The molecule has 1 aromatic carbocycles. The van der Waals surface area contributed by atoms with Crippen molar-refractivity contribution in [2.45, 2.75) is 26.8 Å². The minimum atomic E-state index is -0.580. The predicted molar refractivity (Wildman–Crippen MR) is 102 cm³/mol. The summed E-state index contributed by atoms with van der Waals surface area (Å²) in [5.74, 6) is 0.984. The van der Waals surface area contributed by atoms with E-state index in [2.05, 4.69) is 10.1 Å². The zero-order valence-corrected chi connectivity index (χ0v) is 15.7. The summed E-state index contributed by atoms with van der Waals surface area (Å²) in [5, 5.41) is 4.75. The third-order valence-corrected chi connectivity index (χ3v) is 4.41. The van der Waals surface area contributed by atoms with Crippen LogP contribution in [0.25, 0.3) is 11.3 Å². The average Bonchev–Trinajstić information content (AvgIpc) is 3.08. The molecule has 0 fully saturated rings. The van der Waals surface area contributed by atoms with Crippen molar-refractivity contribution in [3.8, 4) is 11.3 Å². The van der Waals surface area contributed by atoms with Crippen LogP contribution in [-0.2, 0) is 9.53 Å². The Bertz CT molecular complexity index is 738. The number of thioether (sulfide) groups is 1. The number of ether oxygens (including phenoxy) is 1. The van der Waals surface area contributed by atoms with Crippen molar-refractivity contribution >= 4 is 28.5 Å². The summed E-state index contributed by atoms with van der Waals surface area (Å²) in [5.41, 5.74) is 8.00. The SMILES string of the molecule is CCSC(=NC(C(=O)OC)C(C)C)c1cc(-c2ccc(N)cc2)no1. The molecule has 0 saturated heterocycles. The molecule has 0 spiro atoms. The van der Waals surface area contributed by atoms with E-state index in [4.69, 9.17) is 15.0 Å². The molecule has 7 heteroatoms. The van der Waals surface area contributed by atoms with Gasteiger partial charge in [0.15, 0.2) is 11.8 Å². The summed E-state index contributed by atoms with van der Waals surface area (Å²) in [6.07, 6.45) is 0. The van der Waals surface area contributed by atoms with Gasteiger partial charge >= 0.3 is 5.97 Å². The van der Waals surface area contributed by atoms with Gasteiger partial charge in [-0.25, -0.2) is 4.79 Å². The molecule has 0 amide bonds. The van der Waals surface area contributed by atoms with Crippen LogP contribution < -0.4 is 5.73 Å². The number of benzene rings is 1. The van der Waals surface area contributed by atoms with E-state index < -0.39 is 6.04 Å². The molecule has 1 aromatic heterocycles. The molecule has 0 bridgehead atoms. The first kappa shape index (κ1) is 19.1. The summed E-state index contributed by atoms with van der Waals surface area (Å²) < 4.78 is 10.3. The quantitative estimate of drug-likeness (QED) is 0.366. The second-order valence-corrected chi connectivity index (χ2v) is 7.03. The van der Waals surface area contributed by atoms with Crippen molar-refractivity contribution < 1.29 is 14.1 Å². The Balaban J connectivity index is 2.35. The molecule has 1 unspecified atom stereocenters. The van der Waals surface area contributed by atoms with Gasteiger partial charge in [0, 0.05) is 17.3 Å². The van der Waals surface area contributed by atoms with Crippen molar-refractivity contribution in [3.63, 3.8) is 0 Å². The number of anilines is 1. The van der Waals surface area contributed by atoms with Crippen LogP contribution in [0, 0.1) is 5.92 Å². The van der Waals surface area contributed by atoms with Gasteiger partial charge in [-0.05, 0) is 23.8 Å². The number of carbonyl (C=O) groups excluding carboxylic acids is 1. The summed E-state index contributed by atoms with van der Waals surface area (Å²) in [6, 6.07) is 8.63. The molecular formula is C18H23N3O3S. The molecule has 0 aliphatic rings. The average molecular weight is 361 g/mol. The third-order valence-electron chi connectivity index (χ3n) is 3.54. The lowest BCUT2D eigenvalue weighted by Crippen LogP contribution is -2.27. The van der Waals surface area contributed by atoms with Crippen LogP contribution in [-0.4, -0.2) is 35.1 Å². The Morgan fingerprint density at radius 3 is 2.60 bits per heavy atom. The maximum absolute atomic E-state index is 12.0. The third kappa shape index (κ3) is 4.85. The van der Waals surface area contributed by atoms with Crippen molar-refractivity contribution in [1.82, 2.24) is 5.16 Å². The van der Waals surface area contributed by atoms with Crippen LogP contribution in [0.3, 0.4) is 0 Å². The van der Waals surface area contributed by atoms with Gasteiger partial charge in [0.25, 0.3) is 0 Å². The number of methoxy groups -OCH3 is 1. The number of aromatic nitrogens is 1. The van der Waals surface area contributed by atoms with Gasteiger partial charge in [0.2, 0.25) is 0 Å². The van der Waals surface area contributed by atoms with Gasteiger partial charge in [-0.2, -0.15) is 0 Å². The maximum Gasteiger partial charge on any atom is 0.330 e. The Kier molecular flexibility index (Phi) is 6.64. The molecule has 0 radical (unpaired) electrons. The largest absolute Gasteiger partial charge is 0.467 e. The van der Waals surface area contributed by atoms with Gasteiger partial charge in [-0.1, -0.05) is 38.1 Å². The van der Waals surface area contributed by atoms with Crippen molar-refractivity contribution in [3.05, 3.63) is 36.1 Å². The van der Waals surface area contributed by atoms with Gasteiger partial charge in [-0.15, -0.1) is 11.8 Å². The van der Waals surface area contributed by atoms with E-state index in [0.29, 0.717) is 22.2 Å². The molecule has 134 valence electrons. The second kappa shape index (κ2) is 8.71. The Hall–Kier alpha value is -2.28. The molecule has 0 saturated carbocycles. The number of aliphatic imine (C=N–C) groups is 1. The minimum Gasteiger partial charge on any atom is -0.467 e. The first-order valence-corrected chi connectivity index (χ1v) is 9.06. The highest BCUT2D eigenvalue weighted by Crippen LogP contribution is 2.24. The monoisotopic (exact) mass is 361 g/mol. The number of hydrogen-bond donors (Lipinski definition) is 1. The lowest BCUT2D eigenvalue weighted by atomic mass is 10.1. The lowest BCUT2D eigenvalue weighted by Gasteiger charge is -2.15. The number of carbonyl (C=O) groups is 1. The van der Waals surface area contributed by atoms with Gasteiger partial charge in [-0.3, -0.25) is 4.99 Å². The zero-order valence-electron chi connectivity index (χ0n) is 14.9. The van der Waals surface area contributed by atoms with Gasteiger partial charge < -0.3 is 15.0 Å². The number of esters is 1. The molecule has 2 N–H and O–H groups in total. The standard InChI is InChI=1S/C18H23N3O3S/c1-5-25-17(20-16(11(2)3)18(22)23-4)15-10-14(21-24-15)12-6-8-13(19)9-7-12/h6-11,16H,5,19H2,1-4H3. The van der Waals surface area contributed by atoms with Crippen LogP contribution in [0.5, 0.6) is 0 Å². The first-order valence-electron chi connectivity index (χ1n) is 8.07. The maximum atomic E-state index is 12.0. The molecule has 0 aliphatic carbocycles. The highest BCUT2D eigenvalue weighted by atomic mass is 32.2. The fourth-order valence-electron chi connectivity index (χ4n) is 2.20. The summed E-state index contributed by atoms with van der Waals surface area (Å²) in [4.78, 5) is 16.6. The highest BCUT2D eigenvalue weighted by molar-refractivity contribution is 8.14. The van der Waals surface area contributed by atoms with Crippen molar-refractivity contribution in [1.29, 1.82) is 0 Å². The number of nitrogen functional groups attached to an aromatic ring is 1. The fraction of sp³-hybridized carbons (Fsp3) is 0.389. The molecule has 2 rings (SSSR count). The number of rotatable bonds is 6. The normalized spacial score (nSPS) is 13.1. The highest BCUT2D eigenvalue weighted by Gasteiger charge is 2.24. The first-order chi connectivity index (χ1) is 12.0. The van der Waals surface area contributed by atoms with E-state index in [1.54, 1.807) is 0 Å². The molecule has 2 aromatic rings. The Labute approximate surface area is 151 Å². The summed E-state index contributed by atoms with van der Waals surface area (Å²) >= 11 is 1.50. The Morgan fingerprint density at radius 1 is 1.36 bits per heavy atom. The molecule has 1 atom stereocenters. The smallest absolute Gasteiger partial charge is 0.330 e. The van der Waals surface area contributed by atoms with Gasteiger partial charge in [0.1, 0.15) is 10.7 Å². The van der Waals surface area contributed by atoms with Gasteiger partial charge in [0.05, 0.1) is 7.11 Å². The molecule has 1 heterocycles. The van der Waals surface area contributed by atoms with Crippen molar-refractivity contribution in [2.75, 3.05) is 18.6 Å². The van der Waals surface area contributed by atoms with E-state index in [1.165, 1.54) is 18.9 Å². The zero-order chi connectivity index (χ0) is 18.4. The van der Waals surface area contributed by atoms with E-state index in [0.717, 1.165) is 11.3 Å². The number of hydrogen-bond acceptors (Lipinski definition) is 7. The predicted octanol–water partition coefficient (Wildman–Crippen LogP) is 3.62. The summed E-state index contributed by atoms with van der Waals surface area (Å²) in [7, 11) is 1.37. The second-order valence-electron chi connectivity index (χ2n) is 5.78. The molecule has 0 aliphatic heterocycles. The van der Waals surface area contributed by atoms with E-state index in [-0.39, 0.29) is 11.9 Å². The van der Waals surface area contributed by atoms with Crippen LogP contribution in [0.4, 0.5) is 5.69 Å². The lowest BCUT2D eigenvalue weighted by molar-refractivity contribution is -0.143. The van der Waals surface area contributed by atoms with Crippen LogP contribution in [0.2, 0.25) is 0 Å². The molecule has 6 nitrogen and oxygen atoms in total. The van der Waals surface area contributed by atoms with E-state index in [9.17, 15) is 4.79 Å². The van der Waals surface area contributed by atoms with Crippen molar-refractivity contribution in [2.24, 2.45) is 10.9 Å². The Morgan fingerprint density at radius 2 is 2.04 bits per heavy atom.